The molecule has 7 nitrogen and oxygen atoms in total. The molecule has 2 aliphatic carbocycles. The quantitative estimate of drug-likeness (QED) is 0.458. The Kier molecular flexibility index (Phi) is 7.32. The minimum atomic E-state index is 0.0169. The van der Waals surface area contributed by atoms with Gasteiger partial charge in [0, 0.05) is 23.7 Å². The van der Waals surface area contributed by atoms with Crippen LogP contribution in [0.15, 0.2) is 23.0 Å². The van der Waals surface area contributed by atoms with Crippen molar-refractivity contribution in [1.82, 2.24) is 30.1 Å². The van der Waals surface area contributed by atoms with Gasteiger partial charge in [0.05, 0.1) is 12.1 Å². The Labute approximate surface area is 208 Å². The van der Waals surface area contributed by atoms with Gasteiger partial charge in [0.1, 0.15) is 0 Å². The molecular weight excluding hydrogens is 436 g/mol. The van der Waals surface area contributed by atoms with E-state index in [0.717, 1.165) is 41.6 Å². The Hall–Kier alpha value is -2.54. The highest BCUT2D eigenvalue weighted by atomic mass is 16.1. The normalized spacial score (nSPS) is 19.0. The van der Waals surface area contributed by atoms with E-state index in [2.05, 4.69) is 69.1 Å². The van der Waals surface area contributed by atoms with Crippen LogP contribution in [0, 0.1) is 13.8 Å². The summed E-state index contributed by atoms with van der Waals surface area (Å²) in [5.41, 5.74) is 4.21. The lowest BCUT2D eigenvalue weighted by Gasteiger charge is -2.39. The van der Waals surface area contributed by atoms with Crippen LogP contribution in [0.2, 0.25) is 0 Å². The van der Waals surface area contributed by atoms with Gasteiger partial charge in [-0.15, -0.1) is 5.10 Å². The van der Waals surface area contributed by atoms with Gasteiger partial charge in [-0.2, -0.15) is 0 Å². The fourth-order valence-electron chi connectivity index (χ4n) is 6.31. The Morgan fingerprint density at radius 1 is 1.00 bits per heavy atom. The molecule has 0 spiro atoms. The minimum Gasteiger partial charge on any atom is -0.322 e. The summed E-state index contributed by atoms with van der Waals surface area (Å²) in [6.45, 7) is 7.08. The molecule has 35 heavy (non-hydrogen) atoms. The molecule has 1 atom stereocenters. The Balaban J connectivity index is 1.52. The van der Waals surface area contributed by atoms with E-state index in [1.807, 2.05) is 0 Å². The molecule has 2 aliphatic rings. The average molecular weight is 477 g/mol. The van der Waals surface area contributed by atoms with Crippen LogP contribution in [0.5, 0.6) is 0 Å². The number of nitrogens with one attached hydrogen (secondary N) is 1. The van der Waals surface area contributed by atoms with Gasteiger partial charge in [-0.25, -0.2) is 4.68 Å². The van der Waals surface area contributed by atoms with Crippen molar-refractivity contribution in [2.45, 2.75) is 116 Å². The largest absolute Gasteiger partial charge is 0.322 e. The second-order valence-electron chi connectivity index (χ2n) is 10.8. The predicted molar refractivity (Wildman–Crippen MR) is 139 cm³/mol. The minimum absolute atomic E-state index is 0.0169. The number of aromatic nitrogens is 5. The van der Waals surface area contributed by atoms with Crippen LogP contribution in [0.3, 0.4) is 0 Å². The maximum Gasteiger partial charge on any atom is 0.252 e. The van der Waals surface area contributed by atoms with Crippen LogP contribution in [0.25, 0.3) is 10.9 Å². The van der Waals surface area contributed by atoms with Gasteiger partial charge in [0.15, 0.2) is 5.82 Å². The van der Waals surface area contributed by atoms with E-state index in [4.69, 9.17) is 0 Å². The first-order chi connectivity index (χ1) is 17.0. The monoisotopic (exact) mass is 476 g/mol. The topological polar surface area (TPSA) is 79.7 Å². The van der Waals surface area contributed by atoms with Gasteiger partial charge in [0.25, 0.3) is 5.56 Å². The molecule has 1 N–H and O–H groups in total. The molecule has 0 aliphatic heterocycles. The molecule has 0 saturated heterocycles. The number of H-pyrrole nitrogens is 1. The molecule has 0 radical (unpaired) electrons. The maximum absolute atomic E-state index is 13.2. The van der Waals surface area contributed by atoms with E-state index in [9.17, 15) is 4.79 Å². The smallest absolute Gasteiger partial charge is 0.252 e. The van der Waals surface area contributed by atoms with Crippen molar-refractivity contribution in [3.8, 4) is 0 Å². The number of benzene rings is 1. The molecule has 0 amide bonds. The van der Waals surface area contributed by atoms with E-state index in [1.54, 1.807) is 0 Å². The van der Waals surface area contributed by atoms with Crippen LogP contribution < -0.4 is 5.56 Å². The summed E-state index contributed by atoms with van der Waals surface area (Å²) >= 11 is 0. The molecule has 188 valence electrons. The van der Waals surface area contributed by atoms with Gasteiger partial charge < -0.3 is 4.98 Å². The van der Waals surface area contributed by atoms with Crippen molar-refractivity contribution in [1.29, 1.82) is 0 Å². The molecule has 2 fully saturated rings. The fourth-order valence-corrected chi connectivity index (χ4v) is 6.31. The van der Waals surface area contributed by atoms with Crippen molar-refractivity contribution in [3.63, 3.8) is 0 Å². The molecule has 5 rings (SSSR count). The number of rotatable bonds is 7. The van der Waals surface area contributed by atoms with Crippen molar-refractivity contribution in [2.75, 3.05) is 0 Å². The highest BCUT2D eigenvalue weighted by molar-refractivity contribution is 5.80. The average Bonchev–Trinajstić information content (AvgIpc) is 3.36. The third kappa shape index (κ3) is 5.06. The number of pyridine rings is 1. The first-order valence-electron chi connectivity index (χ1n) is 13.7. The van der Waals surface area contributed by atoms with Gasteiger partial charge in [-0.1, -0.05) is 45.4 Å². The van der Waals surface area contributed by atoms with E-state index in [0.29, 0.717) is 18.6 Å². The summed E-state index contributed by atoms with van der Waals surface area (Å²) < 4.78 is 2.12. The molecule has 2 saturated carbocycles. The van der Waals surface area contributed by atoms with Crippen molar-refractivity contribution in [2.24, 2.45) is 0 Å². The highest BCUT2D eigenvalue weighted by Gasteiger charge is 2.33. The van der Waals surface area contributed by atoms with Gasteiger partial charge in [-0.3, -0.25) is 9.69 Å². The van der Waals surface area contributed by atoms with Crippen molar-refractivity contribution in [3.05, 3.63) is 51.1 Å². The van der Waals surface area contributed by atoms with Gasteiger partial charge in [-0.05, 0) is 91.1 Å². The Morgan fingerprint density at radius 2 is 1.69 bits per heavy atom. The number of hydrogen-bond donors (Lipinski definition) is 1. The second-order valence-corrected chi connectivity index (χ2v) is 10.8. The second kappa shape index (κ2) is 10.6. The molecule has 2 aromatic heterocycles. The number of aromatic amines is 1. The molecular formula is C28H40N6O. The lowest BCUT2D eigenvalue weighted by atomic mass is 9.91. The Bertz CT molecular complexity index is 1200. The predicted octanol–water partition coefficient (Wildman–Crippen LogP) is 5.92. The van der Waals surface area contributed by atoms with Crippen LogP contribution in [-0.2, 0) is 6.54 Å². The van der Waals surface area contributed by atoms with Gasteiger partial charge in [0.2, 0.25) is 0 Å². The molecule has 2 heterocycles. The first-order valence-corrected chi connectivity index (χ1v) is 13.7. The third-order valence-electron chi connectivity index (χ3n) is 8.46. The summed E-state index contributed by atoms with van der Waals surface area (Å²) in [4.78, 5) is 19.0. The zero-order valence-corrected chi connectivity index (χ0v) is 21.6. The molecule has 0 bridgehead atoms. The summed E-state index contributed by atoms with van der Waals surface area (Å²) in [6.07, 6.45) is 13.2. The number of fused-ring (bicyclic) bond motifs is 1. The van der Waals surface area contributed by atoms with Crippen molar-refractivity contribution < 1.29 is 0 Å². The van der Waals surface area contributed by atoms with Crippen LogP contribution in [0.4, 0.5) is 0 Å². The van der Waals surface area contributed by atoms with E-state index in [1.165, 1.54) is 62.5 Å². The molecule has 0 unspecified atom stereocenters. The number of tetrazole rings is 1. The number of nitrogens with zero attached hydrogens (tertiary/aromatic N) is 5. The summed E-state index contributed by atoms with van der Waals surface area (Å²) in [5, 5.41) is 14.3. The SMILES string of the molecule is CC[C@H](c1nnnn1C1CCCCC1)N(Cc1cc2cc(C)c(C)cc2[nH]c1=O)C1CCCCC1. The highest BCUT2D eigenvalue weighted by Crippen LogP contribution is 2.35. The standard InChI is InChI=1S/C28H40N6O/c1-4-26(27-30-31-32-34(27)24-13-9-6-10-14-24)33(23-11-7-5-8-12-23)18-22-17-21-15-19(2)20(3)16-25(21)29-28(22)35/h15-17,23-24,26H,4-14,18H2,1-3H3,(H,29,35)/t26-/m1/s1. The lowest BCUT2D eigenvalue weighted by Crippen LogP contribution is -2.41. The summed E-state index contributed by atoms with van der Waals surface area (Å²) in [6, 6.07) is 7.32. The maximum atomic E-state index is 13.2. The summed E-state index contributed by atoms with van der Waals surface area (Å²) in [7, 11) is 0. The van der Waals surface area contributed by atoms with E-state index >= 15 is 0 Å². The zero-order valence-electron chi connectivity index (χ0n) is 21.6. The molecule has 1 aromatic carbocycles. The zero-order chi connectivity index (χ0) is 24.4. The van der Waals surface area contributed by atoms with Gasteiger partial charge >= 0.3 is 0 Å². The summed E-state index contributed by atoms with van der Waals surface area (Å²) in [5.74, 6) is 0.980. The third-order valence-corrected chi connectivity index (χ3v) is 8.46. The lowest BCUT2D eigenvalue weighted by molar-refractivity contribution is 0.0821. The van der Waals surface area contributed by atoms with Crippen LogP contribution >= 0.6 is 0 Å². The van der Waals surface area contributed by atoms with E-state index in [-0.39, 0.29) is 11.6 Å². The molecule has 7 heteroatoms. The number of aryl methyl sites for hydroxylation is 2. The van der Waals surface area contributed by atoms with Crippen molar-refractivity contribution >= 4 is 10.9 Å². The molecule has 3 aromatic rings. The first kappa shape index (κ1) is 24.2. The Morgan fingerprint density at radius 3 is 2.40 bits per heavy atom. The fraction of sp³-hybridized carbons (Fsp3) is 0.643. The van der Waals surface area contributed by atoms with Crippen LogP contribution in [0.1, 0.15) is 112 Å². The van der Waals surface area contributed by atoms with E-state index < -0.39 is 0 Å². The van der Waals surface area contributed by atoms with Crippen LogP contribution in [-0.4, -0.2) is 36.1 Å². The number of hydrogen-bond acceptors (Lipinski definition) is 5.